The highest BCUT2D eigenvalue weighted by Gasteiger charge is 2.53. The number of rotatable bonds is 4. The van der Waals surface area contributed by atoms with E-state index in [1.165, 1.54) is 0 Å². The van der Waals surface area contributed by atoms with Crippen LogP contribution in [0.1, 0.15) is 63.5 Å². The van der Waals surface area contributed by atoms with Crippen molar-refractivity contribution in [1.82, 2.24) is 0 Å². The largest absolute Gasteiger partial charge is 0.504 e. The molecule has 68 heavy (non-hydrogen) atoms. The van der Waals surface area contributed by atoms with Crippen LogP contribution >= 0.6 is 0 Å². The summed E-state index contributed by atoms with van der Waals surface area (Å²) in [4.78, 5) is 68.3. The molecule has 27 nitrogen and oxygen atoms in total. The number of carboxylic acid groups (broad SMARTS) is 1. The molecule has 9 rings (SSSR count). The van der Waals surface area contributed by atoms with Crippen LogP contribution in [0.25, 0.3) is 22.3 Å². The highest BCUT2D eigenvalue weighted by Crippen LogP contribution is 2.59. The maximum Gasteiger partial charge on any atom is 0.342 e. The Morgan fingerprint density at radius 1 is 0.456 bits per heavy atom. The van der Waals surface area contributed by atoms with Gasteiger partial charge in [-0.2, -0.15) is 0 Å². The van der Waals surface area contributed by atoms with E-state index in [4.69, 9.17) is 23.7 Å². The highest BCUT2D eigenvalue weighted by atomic mass is 16.6. The number of phenols is 14. The number of benzene rings is 5. The van der Waals surface area contributed by atoms with Gasteiger partial charge in [0.05, 0.1) is 16.7 Å². The lowest BCUT2D eigenvalue weighted by molar-refractivity contribution is -0.153. The predicted octanol–water partition coefficient (Wildman–Crippen LogP) is 1.26. The standard InChI is InChI=1S/C41H28O27/c42-11-2-7-15(25(51)22(11)48)6-1-9(21(47)34(20(6)46)65-32-10(37(58)59)4-13(44)24(50)31(32)57)38(60)64-5-14(45)33(66-39(7)61)36-35-29(55)19-18(41(63)67-35)17(27(53)30(56)28(19)54)16-8(40(62)68-36)3-12(43)23(49)26(16)52/h1-4,14,29,33,35-36,42-57H,5H2,(H,58,59). The molecule has 0 aliphatic carbocycles. The highest BCUT2D eigenvalue weighted by molar-refractivity contribution is 6.10. The second-order valence-corrected chi connectivity index (χ2v) is 14.8. The van der Waals surface area contributed by atoms with Crippen LogP contribution in [0, 0.1) is 0 Å². The van der Waals surface area contributed by atoms with Crippen LogP contribution in [-0.2, 0) is 18.9 Å². The molecule has 0 fully saturated rings. The number of carbonyl (C=O) groups is 5. The van der Waals surface area contributed by atoms with Crippen LogP contribution in [0.2, 0.25) is 0 Å². The van der Waals surface area contributed by atoms with E-state index in [9.17, 15) is 111 Å². The fourth-order valence-electron chi connectivity index (χ4n) is 7.73. The van der Waals surface area contributed by atoms with Crippen LogP contribution in [0.3, 0.4) is 0 Å². The Bertz CT molecular complexity index is 3140. The molecule has 4 heterocycles. The third-order valence-corrected chi connectivity index (χ3v) is 11.0. The molecule has 0 aromatic heterocycles. The fourth-order valence-corrected chi connectivity index (χ4v) is 7.73. The second kappa shape index (κ2) is 15.5. The minimum Gasteiger partial charge on any atom is -0.504 e. The summed E-state index contributed by atoms with van der Waals surface area (Å²) >= 11 is 0. The van der Waals surface area contributed by atoms with E-state index in [1.54, 1.807) is 0 Å². The van der Waals surface area contributed by atoms with Crippen molar-refractivity contribution < 1.29 is 134 Å². The van der Waals surface area contributed by atoms with Crippen LogP contribution in [0.15, 0.2) is 24.3 Å². The Hall–Kier alpha value is -9.63. The summed E-state index contributed by atoms with van der Waals surface area (Å²) in [6.45, 7) is -1.48. The summed E-state index contributed by atoms with van der Waals surface area (Å²) in [6.07, 6.45) is -13.1. The molecule has 4 aliphatic heterocycles. The Balaban J connectivity index is 1.35. The Morgan fingerprint density at radius 3 is 1.56 bits per heavy atom. The summed E-state index contributed by atoms with van der Waals surface area (Å²) in [6, 6.07) is 1.52. The lowest BCUT2D eigenvalue weighted by Gasteiger charge is -2.40. The first kappa shape index (κ1) is 45.0. The molecule has 0 spiro atoms. The van der Waals surface area contributed by atoms with Gasteiger partial charge in [-0.1, -0.05) is 0 Å². The minimum absolute atomic E-state index is 0.327. The van der Waals surface area contributed by atoms with Gasteiger partial charge >= 0.3 is 29.8 Å². The number of ether oxygens (including phenoxy) is 5. The van der Waals surface area contributed by atoms with Crippen molar-refractivity contribution in [2.45, 2.75) is 30.5 Å². The average molecular weight is 953 g/mol. The minimum atomic E-state index is -2.70. The SMILES string of the molecule is O=C1OCC(O)C(C2OC(=O)c3cc(O)c(O)c(O)c3-c3c(O)c(O)c(O)c4c3C(=O)OC2C4O)OC(=O)c2cc(O)c(O)c(O)c2-c2cc1c(O)c(Oc1c(C(=O)O)cc(O)c(O)c1O)c2O. The second-order valence-electron chi connectivity index (χ2n) is 14.8. The summed E-state index contributed by atoms with van der Waals surface area (Å²) in [5, 5.41) is 184. The van der Waals surface area contributed by atoms with Gasteiger partial charge in [-0.25, -0.2) is 24.0 Å². The normalized spacial score (nSPS) is 19.8. The van der Waals surface area contributed by atoms with Gasteiger partial charge in [0.2, 0.25) is 34.5 Å². The smallest absolute Gasteiger partial charge is 0.342 e. The van der Waals surface area contributed by atoms with Gasteiger partial charge in [0.1, 0.15) is 29.9 Å². The first-order valence-electron chi connectivity index (χ1n) is 18.7. The molecule has 354 valence electrons. The predicted molar refractivity (Wildman–Crippen MR) is 209 cm³/mol. The summed E-state index contributed by atoms with van der Waals surface area (Å²) in [7, 11) is 0. The van der Waals surface area contributed by atoms with Crippen molar-refractivity contribution in [1.29, 1.82) is 0 Å². The number of esters is 4. The zero-order valence-corrected chi connectivity index (χ0v) is 33.1. The Labute approximate surface area is 373 Å². The van der Waals surface area contributed by atoms with Crippen LogP contribution in [0.5, 0.6) is 92.0 Å². The summed E-state index contributed by atoms with van der Waals surface area (Å²) < 4.78 is 26.8. The number of aromatic hydroxyl groups is 14. The molecule has 5 unspecified atom stereocenters. The monoisotopic (exact) mass is 952 g/mol. The van der Waals surface area contributed by atoms with E-state index >= 15 is 0 Å². The van der Waals surface area contributed by atoms with E-state index in [0.717, 1.165) is 0 Å². The quantitative estimate of drug-likeness (QED) is 0.0685. The van der Waals surface area contributed by atoms with Crippen molar-refractivity contribution in [2.24, 2.45) is 0 Å². The van der Waals surface area contributed by atoms with Crippen molar-refractivity contribution in [3.05, 3.63) is 57.6 Å². The number of carboxylic acids is 1. The van der Waals surface area contributed by atoms with Crippen LogP contribution in [0.4, 0.5) is 0 Å². The summed E-state index contributed by atoms with van der Waals surface area (Å²) in [5.41, 5.74) is -11.3. The van der Waals surface area contributed by atoms with Gasteiger partial charge in [-0.05, 0) is 18.2 Å². The maximum atomic E-state index is 14.4. The molecule has 0 saturated carbocycles. The average Bonchev–Trinajstić information content (AvgIpc) is 3.28. The molecule has 17 N–H and O–H groups in total. The zero-order chi connectivity index (χ0) is 49.9. The Morgan fingerprint density at radius 2 is 0.956 bits per heavy atom. The van der Waals surface area contributed by atoms with E-state index in [1.807, 2.05) is 0 Å². The zero-order valence-electron chi connectivity index (χ0n) is 33.1. The van der Waals surface area contributed by atoms with Gasteiger partial charge < -0.3 is 110 Å². The lowest BCUT2D eigenvalue weighted by Crippen LogP contribution is -2.55. The Kier molecular flexibility index (Phi) is 10.3. The molecule has 5 aromatic rings. The molecular formula is C41H28O27. The number of aromatic carboxylic acids is 1. The van der Waals surface area contributed by atoms with Crippen LogP contribution < -0.4 is 4.74 Å². The topological polar surface area (TPSA) is 475 Å². The van der Waals surface area contributed by atoms with Crippen LogP contribution in [-0.4, -0.2) is 148 Å². The number of fused-ring (bicyclic) bond motifs is 7. The van der Waals surface area contributed by atoms with Gasteiger partial charge in [0.25, 0.3) is 0 Å². The number of cyclic esters (lactones) is 2. The third kappa shape index (κ3) is 6.48. The molecule has 5 atom stereocenters. The number of hydrogen-bond acceptors (Lipinski definition) is 26. The van der Waals surface area contributed by atoms with Crippen molar-refractivity contribution >= 4 is 29.8 Å². The van der Waals surface area contributed by atoms with Gasteiger partial charge in [-0.15, -0.1) is 0 Å². The number of phenolic OH excluding ortho intramolecular Hbond substituents is 14. The molecule has 4 aliphatic rings. The molecule has 0 amide bonds. The third-order valence-electron chi connectivity index (χ3n) is 11.0. The number of carbonyl (C=O) groups excluding carboxylic acids is 4. The van der Waals surface area contributed by atoms with Crippen molar-refractivity contribution in [3.8, 4) is 114 Å². The lowest BCUT2D eigenvalue weighted by atomic mass is 9.82. The van der Waals surface area contributed by atoms with Gasteiger partial charge in [-0.3, -0.25) is 0 Å². The number of aliphatic hydroxyl groups is 2. The number of hydrogen-bond donors (Lipinski definition) is 17. The van der Waals surface area contributed by atoms with E-state index in [-0.39, 0.29) is 0 Å². The fraction of sp³-hybridized carbons (Fsp3) is 0.146. The maximum absolute atomic E-state index is 14.4. The van der Waals surface area contributed by atoms with Gasteiger partial charge in [0.15, 0.2) is 75.8 Å². The van der Waals surface area contributed by atoms with E-state index in [0.29, 0.717) is 24.3 Å². The van der Waals surface area contributed by atoms with Gasteiger partial charge in [0, 0.05) is 33.9 Å². The number of aliphatic hydroxyl groups excluding tert-OH is 2. The van der Waals surface area contributed by atoms with E-state index in [2.05, 4.69) is 0 Å². The first-order chi connectivity index (χ1) is 31.9. The molecule has 0 saturated heterocycles. The molecule has 5 aromatic carbocycles. The first-order valence-corrected chi connectivity index (χ1v) is 18.7. The molecule has 27 heteroatoms. The van der Waals surface area contributed by atoms with E-state index < -0.39 is 215 Å². The molecule has 0 radical (unpaired) electrons. The molecule has 6 bridgehead atoms. The van der Waals surface area contributed by atoms with Crippen molar-refractivity contribution in [2.75, 3.05) is 6.61 Å². The summed E-state index contributed by atoms with van der Waals surface area (Å²) in [5.74, 6) is -32.1. The van der Waals surface area contributed by atoms with Crippen molar-refractivity contribution in [3.63, 3.8) is 0 Å². The molecular weight excluding hydrogens is 924 g/mol.